The predicted octanol–water partition coefficient (Wildman–Crippen LogP) is 2.66. The molecule has 2 heterocycles. The minimum Gasteiger partial charge on any atom is -0.481 e. The standard InChI is InChI=1S/C18H24ClN3O3/c1-3-7-18(17(24)25)8-9-22(11-15(18)23)10-13-16-12(19)5-4-6-14(16)21(2)20-13/h4-6,15,23H,3,7-11H2,1-2H3,(H,24,25)/t15-,18-/m0/s1. The fourth-order valence-electron chi connectivity index (χ4n) is 3.95. The molecule has 3 rings (SSSR count). The minimum atomic E-state index is -1.03. The van der Waals surface area contributed by atoms with E-state index in [1.807, 2.05) is 32.2 Å². The molecular weight excluding hydrogens is 342 g/mol. The lowest BCUT2D eigenvalue weighted by Crippen LogP contribution is -2.54. The number of aliphatic hydroxyl groups is 1. The average molecular weight is 366 g/mol. The topological polar surface area (TPSA) is 78.6 Å². The van der Waals surface area contributed by atoms with Crippen molar-refractivity contribution in [1.29, 1.82) is 0 Å². The third kappa shape index (κ3) is 3.14. The highest BCUT2D eigenvalue weighted by atomic mass is 35.5. The van der Waals surface area contributed by atoms with Gasteiger partial charge in [-0.25, -0.2) is 0 Å². The number of carbonyl (C=O) groups is 1. The molecule has 1 aromatic carbocycles. The molecule has 0 saturated carbocycles. The van der Waals surface area contributed by atoms with Crippen molar-refractivity contribution in [2.75, 3.05) is 13.1 Å². The van der Waals surface area contributed by atoms with Gasteiger partial charge in [0.05, 0.1) is 27.8 Å². The third-order valence-electron chi connectivity index (χ3n) is 5.34. The van der Waals surface area contributed by atoms with E-state index in [1.54, 1.807) is 4.68 Å². The zero-order chi connectivity index (χ0) is 18.2. The first kappa shape index (κ1) is 18.2. The van der Waals surface area contributed by atoms with Crippen molar-refractivity contribution in [3.05, 3.63) is 28.9 Å². The van der Waals surface area contributed by atoms with E-state index in [2.05, 4.69) is 10.00 Å². The molecule has 1 aliphatic rings. The van der Waals surface area contributed by atoms with Crippen molar-refractivity contribution < 1.29 is 15.0 Å². The number of hydrogen-bond acceptors (Lipinski definition) is 4. The van der Waals surface area contributed by atoms with E-state index in [9.17, 15) is 15.0 Å². The monoisotopic (exact) mass is 365 g/mol. The van der Waals surface area contributed by atoms with Crippen LogP contribution >= 0.6 is 11.6 Å². The molecule has 1 saturated heterocycles. The molecule has 0 aliphatic carbocycles. The fraction of sp³-hybridized carbons (Fsp3) is 0.556. The number of aromatic nitrogens is 2. The number of likely N-dealkylation sites (tertiary alicyclic amines) is 1. The molecule has 1 fully saturated rings. The number of piperidine rings is 1. The highest BCUT2D eigenvalue weighted by molar-refractivity contribution is 6.35. The van der Waals surface area contributed by atoms with Crippen LogP contribution in [0.3, 0.4) is 0 Å². The Balaban J connectivity index is 1.82. The van der Waals surface area contributed by atoms with Crippen LogP contribution in [0.4, 0.5) is 0 Å². The van der Waals surface area contributed by atoms with Crippen LogP contribution in [-0.4, -0.2) is 50.1 Å². The van der Waals surface area contributed by atoms with Crippen molar-refractivity contribution in [1.82, 2.24) is 14.7 Å². The van der Waals surface area contributed by atoms with Crippen LogP contribution in [-0.2, 0) is 18.4 Å². The molecule has 25 heavy (non-hydrogen) atoms. The number of β-amino-alcohol motifs (C(OH)–C–C–N with tert-alkyl or cyclic N) is 1. The maximum absolute atomic E-state index is 11.8. The molecule has 0 bridgehead atoms. The normalized spacial score (nSPS) is 24.7. The van der Waals surface area contributed by atoms with E-state index in [-0.39, 0.29) is 0 Å². The predicted molar refractivity (Wildman–Crippen MR) is 96.6 cm³/mol. The number of halogens is 1. The van der Waals surface area contributed by atoms with E-state index in [4.69, 9.17) is 11.6 Å². The summed E-state index contributed by atoms with van der Waals surface area (Å²) < 4.78 is 1.80. The lowest BCUT2D eigenvalue weighted by molar-refractivity contribution is -0.164. The fourth-order valence-corrected chi connectivity index (χ4v) is 4.23. The maximum Gasteiger partial charge on any atom is 0.312 e. The van der Waals surface area contributed by atoms with Gasteiger partial charge in [0.15, 0.2) is 0 Å². The minimum absolute atomic E-state index is 0.328. The molecule has 1 aliphatic heterocycles. The number of aryl methyl sites for hydroxylation is 1. The molecular formula is C18H24ClN3O3. The SMILES string of the molecule is CCC[C@]1(C(=O)O)CCN(Cc2nn(C)c3cccc(Cl)c23)C[C@@H]1O. The molecule has 2 N–H and O–H groups in total. The second kappa shape index (κ2) is 6.94. The summed E-state index contributed by atoms with van der Waals surface area (Å²) in [7, 11) is 1.88. The van der Waals surface area contributed by atoms with Crippen LogP contribution in [0.15, 0.2) is 18.2 Å². The first-order valence-electron chi connectivity index (χ1n) is 8.63. The molecule has 1 aromatic heterocycles. The van der Waals surface area contributed by atoms with Gasteiger partial charge in [0.2, 0.25) is 0 Å². The third-order valence-corrected chi connectivity index (χ3v) is 5.65. The maximum atomic E-state index is 11.8. The van der Waals surface area contributed by atoms with Gasteiger partial charge >= 0.3 is 5.97 Å². The van der Waals surface area contributed by atoms with Crippen molar-refractivity contribution in [2.24, 2.45) is 12.5 Å². The van der Waals surface area contributed by atoms with Gasteiger partial charge in [-0.1, -0.05) is 31.0 Å². The number of benzene rings is 1. The largest absolute Gasteiger partial charge is 0.481 e. The lowest BCUT2D eigenvalue weighted by Gasteiger charge is -2.42. The Hall–Kier alpha value is -1.63. The Labute approximate surface area is 152 Å². The molecule has 0 unspecified atom stereocenters. The Morgan fingerprint density at radius 1 is 1.48 bits per heavy atom. The molecule has 136 valence electrons. The van der Waals surface area contributed by atoms with Crippen molar-refractivity contribution in [3.8, 4) is 0 Å². The molecule has 0 radical (unpaired) electrons. The van der Waals surface area contributed by atoms with Gasteiger partial charge in [0, 0.05) is 25.5 Å². The number of fused-ring (bicyclic) bond motifs is 1. The second-order valence-corrected chi connectivity index (χ2v) is 7.32. The Morgan fingerprint density at radius 2 is 2.24 bits per heavy atom. The van der Waals surface area contributed by atoms with Gasteiger partial charge in [-0.2, -0.15) is 5.10 Å². The van der Waals surface area contributed by atoms with Crippen LogP contribution < -0.4 is 0 Å². The van der Waals surface area contributed by atoms with Gasteiger partial charge in [0.1, 0.15) is 0 Å². The van der Waals surface area contributed by atoms with Crippen molar-refractivity contribution >= 4 is 28.5 Å². The van der Waals surface area contributed by atoms with E-state index in [0.717, 1.165) is 23.0 Å². The number of nitrogens with zero attached hydrogens (tertiary/aromatic N) is 3. The van der Waals surface area contributed by atoms with Crippen LogP contribution in [0, 0.1) is 5.41 Å². The van der Waals surface area contributed by atoms with Crippen LogP contribution in [0.2, 0.25) is 5.02 Å². The van der Waals surface area contributed by atoms with E-state index in [1.165, 1.54) is 0 Å². The zero-order valence-electron chi connectivity index (χ0n) is 14.6. The highest BCUT2D eigenvalue weighted by Gasteiger charge is 2.47. The molecule has 0 amide bonds. The molecule has 0 spiro atoms. The summed E-state index contributed by atoms with van der Waals surface area (Å²) in [4.78, 5) is 13.8. The number of carboxylic acid groups (broad SMARTS) is 1. The summed E-state index contributed by atoms with van der Waals surface area (Å²) in [5.74, 6) is -0.896. The van der Waals surface area contributed by atoms with E-state index < -0.39 is 17.5 Å². The first-order valence-corrected chi connectivity index (χ1v) is 9.00. The van der Waals surface area contributed by atoms with Gasteiger partial charge in [0.25, 0.3) is 0 Å². The lowest BCUT2D eigenvalue weighted by atomic mass is 9.73. The number of aliphatic hydroxyl groups excluding tert-OH is 1. The second-order valence-electron chi connectivity index (χ2n) is 6.92. The summed E-state index contributed by atoms with van der Waals surface area (Å²) in [6, 6.07) is 5.71. The number of carboxylic acids is 1. The Kier molecular flexibility index (Phi) is 5.04. The summed E-state index contributed by atoms with van der Waals surface area (Å²) in [6.45, 7) is 3.44. The van der Waals surface area contributed by atoms with Crippen LogP contribution in [0.1, 0.15) is 31.9 Å². The van der Waals surface area contributed by atoms with Gasteiger partial charge in [-0.3, -0.25) is 14.4 Å². The van der Waals surface area contributed by atoms with E-state index in [0.29, 0.717) is 37.5 Å². The average Bonchev–Trinajstić information content (AvgIpc) is 2.87. The first-order chi connectivity index (χ1) is 11.9. The summed E-state index contributed by atoms with van der Waals surface area (Å²) in [5, 5.41) is 26.4. The number of hydrogen-bond donors (Lipinski definition) is 2. The van der Waals surface area contributed by atoms with Crippen molar-refractivity contribution in [2.45, 2.75) is 38.8 Å². The molecule has 2 atom stereocenters. The zero-order valence-corrected chi connectivity index (χ0v) is 15.3. The highest BCUT2D eigenvalue weighted by Crippen LogP contribution is 2.37. The van der Waals surface area contributed by atoms with Gasteiger partial charge < -0.3 is 10.2 Å². The van der Waals surface area contributed by atoms with Crippen LogP contribution in [0.25, 0.3) is 10.9 Å². The summed E-state index contributed by atoms with van der Waals surface area (Å²) in [6.07, 6.45) is 0.791. The Morgan fingerprint density at radius 3 is 2.88 bits per heavy atom. The van der Waals surface area contributed by atoms with Gasteiger partial charge in [-0.05, 0) is 31.5 Å². The smallest absolute Gasteiger partial charge is 0.312 e. The number of rotatable bonds is 5. The molecule has 2 aromatic rings. The Bertz CT molecular complexity index is 791. The summed E-state index contributed by atoms with van der Waals surface area (Å²) >= 11 is 6.35. The van der Waals surface area contributed by atoms with Crippen LogP contribution in [0.5, 0.6) is 0 Å². The van der Waals surface area contributed by atoms with E-state index >= 15 is 0 Å². The quantitative estimate of drug-likeness (QED) is 0.851. The molecule has 6 nitrogen and oxygen atoms in total. The molecule has 7 heteroatoms. The van der Waals surface area contributed by atoms with Gasteiger partial charge in [-0.15, -0.1) is 0 Å². The summed E-state index contributed by atoms with van der Waals surface area (Å²) in [5.41, 5.74) is 0.786. The van der Waals surface area contributed by atoms with Crippen molar-refractivity contribution in [3.63, 3.8) is 0 Å². The number of aliphatic carboxylic acids is 1.